The zero-order valence-corrected chi connectivity index (χ0v) is 18.6. The van der Waals surface area contributed by atoms with E-state index in [9.17, 15) is 18.0 Å². The lowest BCUT2D eigenvalue weighted by Crippen LogP contribution is -2.41. The predicted molar refractivity (Wildman–Crippen MR) is 117 cm³/mol. The zero-order chi connectivity index (χ0) is 22.0. The Morgan fingerprint density at radius 3 is 2.40 bits per heavy atom. The van der Waals surface area contributed by atoms with Crippen molar-refractivity contribution in [1.82, 2.24) is 10.0 Å². The number of carbonyl (C=O) groups is 2. The van der Waals surface area contributed by atoms with Crippen molar-refractivity contribution in [2.24, 2.45) is 0 Å². The van der Waals surface area contributed by atoms with Gasteiger partial charge in [0.25, 0.3) is 5.91 Å². The Labute approximate surface area is 181 Å². The van der Waals surface area contributed by atoms with Crippen LogP contribution in [0.4, 0.5) is 0 Å². The van der Waals surface area contributed by atoms with E-state index in [-0.39, 0.29) is 4.90 Å². The quantitative estimate of drug-likeness (QED) is 0.310. The first kappa shape index (κ1) is 23.9. The number of esters is 1. The molecule has 2 rings (SSSR count). The lowest BCUT2D eigenvalue weighted by Gasteiger charge is -2.14. The summed E-state index contributed by atoms with van der Waals surface area (Å²) in [5.74, 6) is -0.399. The first-order valence-corrected chi connectivity index (χ1v) is 11.9. The molecule has 1 amide bonds. The van der Waals surface area contributed by atoms with Gasteiger partial charge in [-0.3, -0.25) is 9.59 Å². The fourth-order valence-corrected chi connectivity index (χ4v) is 4.45. The van der Waals surface area contributed by atoms with Crippen LogP contribution in [0, 0.1) is 6.92 Å². The van der Waals surface area contributed by atoms with Crippen molar-refractivity contribution < 1.29 is 22.7 Å². The topological polar surface area (TPSA) is 102 Å². The molecule has 1 atom stereocenters. The van der Waals surface area contributed by atoms with E-state index in [1.807, 2.05) is 37.3 Å². The minimum absolute atomic E-state index is 0.0545. The number of benzene rings is 2. The second-order valence-electron chi connectivity index (χ2n) is 6.63. The lowest BCUT2D eigenvalue weighted by molar-refractivity contribution is -0.149. The maximum Gasteiger partial charge on any atom is 0.324 e. The van der Waals surface area contributed by atoms with Crippen LogP contribution in [0.1, 0.15) is 18.9 Å². The van der Waals surface area contributed by atoms with Crippen molar-refractivity contribution in [3.63, 3.8) is 0 Å². The monoisotopic (exact) mass is 450 g/mol. The van der Waals surface area contributed by atoms with Crippen molar-refractivity contribution in [3.8, 4) is 0 Å². The highest BCUT2D eigenvalue weighted by molar-refractivity contribution is 7.99. The van der Waals surface area contributed by atoms with Gasteiger partial charge in [0.05, 0.1) is 4.90 Å². The van der Waals surface area contributed by atoms with Crippen LogP contribution in [0.25, 0.3) is 0 Å². The lowest BCUT2D eigenvalue weighted by atomic mass is 10.2. The summed E-state index contributed by atoms with van der Waals surface area (Å²) >= 11 is 1.70. The van der Waals surface area contributed by atoms with Gasteiger partial charge in [-0.05, 0) is 50.3 Å². The van der Waals surface area contributed by atoms with Gasteiger partial charge in [-0.2, -0.15) is 4.72 Å². The van der Waals surface area contributed by atoms with E-state index >= 15 is 0 Å². The van der Waals surface area contributed by atoms with E-state index in [4.69, 9.17) is 4.74 Å². The molecule has 0 spiro atoms. The highest BCUT2D eigenvalue weighted by Crippen LogP contribution is 2.17. The number of hydrogen-bond acceptors (Lipinski definition) is 6. The van der Waals surface area contributed by atoms with E-state index in [0.29, 0.717) is 6.54 Å². The summed E-state index contributed by atoms with van der Waals surface area (Å²) in [5.41, 5.74) is 0.922. The Bertz CT molecular complexity index is 932. The Kier molecular flexibility index (Phi) is 9.35. The Hall–Kier alpha value is -2.36. The van der Waals surface area contributed by atoms with Crippen LogP contribution in [-0.4, -0.2) is 45.2 Å². The molecule has 0 saturated carbocycles. The molecule has 7 nitrogen and oxygen atoms in total. The van der Waals surface area contributed by atoms with Crippen LogP contribution in [0.15, 0.2) is 64.4 Å². The summed E-state index contributed by atoms with van der Waals surface area (Å²) in [5, 5.41) is 2.67. The minimum atomic E-state index is -3.86. The average molecular weight is 451 g/mol. The molecule has 0 aromatic heterocycles. The maximum absolute atomic E-state index is 12.3. The molecule has 0 bridgehead atoms. The molecule has 0 aliphatic heterocycles. The number of aryl methyl sites for hydroxylation is 1. The molecule has 30 heavy (non-hydrogen) atoms. The van der Waals surface area contributed by atoms with Crippen molar-refractivity contribution in [2.45, 2.75) is 36.1 Å². The maximum atomic E-state index is 12.3. The van der Waals surface area contributed by atoms with Gasteiger partial charge in [-0.25, -0.2) is 8.42 Å². The van der Waals surface area contributed by atoms with E-state index in [1.54, 1.807) is 23.9 Å². The van der Waals surface area contributed by atoms with Crippen LogP contribution in [-0.2, 0) is 24.3 Å². The fourth-order valence-electron chi connectivity index (χ4n) is 2.39. The van der Waals surface area contributed by atoms with Crippen molar-refractivity contribution >= 4 is 33.7 Å². The third-order valence-electron chi connectivity index (χ3n) is 4.02. The summed E-state index contributed by atoms with van der Waals surface area (Å²) in [6.07, 6.45) is 0.770. The number of rotatable bonds is 11. The summed E-state index contributed by atoms with van der Waals surface area (Å²) in [7, 11) is -3.86. The molecule has 0 aliphatic rings. The van der Waals surface area contributed by atoms with Gasteiger partial charge in [-0.15, -0.1) is 11.8 Å². The molecule has 0 fully saturated rings. The SMILES string of the molecule is Cc1ccc(S(=O)(=O)N[C@@H](C)C(=O)OCC(=O)NCCCSc2ccccc2)cc1. The van der Waals surface area contributed by atoms with Crippen LogP contribution < -0.4 is 10.0 Å². The molecule has 0 radical (unpaired) electrons. The van der Waals surface area contributed by atoms with Crippen LogP contribution >= 0.6 is 11.8 Å². The Balaban J connectivity index is 1.66. The summed E-state index contributed by atoms with van der Waals surface area (Å²) in [4.78, 5) is 25.0. The fraction of sp³-hybridized carbons (Fsp3) is 0.333. The number of thioether (sulfide) groups is 1. The second-order valence-corrected chi connectivity index (χ2v) is 9.51. The predicted octanol–water partition coefficient (Wildman–Crippen LogP) is 2.50. The van der Waals surface area contributed by atoms with E-state index in [0.717, 1.165) is 17.7 Å². The molecule has 0 aliphatic carbocycles. The number of ether oxygens (including phenoxy) is 1. The van der Waals surface area contributed by atoms with E-state index < -0.39 is 34.5 Å². The smallest absolute Gasteiger partial charge is 0.324 e. The molecular weight excluding hydrogens is 424 g/mol. The van der Waals surface area contributed by atoms with Crippen molar-refractivity contribution in [2.75, 3.05) is 18.9 Å². The summed E-state index contributed by atoms with van der Waals surface area (Å²) < 4.78 is 31.8. The molecule has 0 heterocycles. The number of amides is 1. The van der Waals surface area contributed by atoms with Gasteiger partial charge in [0.1, 0.15) is 6.04 Å². The third-order valence-corrected chi connectivity index (χ3v) is 6.67. The third kappa shape index (κ3) is 8.17. The number of hydrogen-bond donors (Lipinski definition) is 2. The van der Waals surface area contributed by atoms with E-state index in [1.165, 1.54) is 24.0 Å². The number of nitrogens with one attached hydrogen (secondary N) is 2. The molecule has 162 valence electrons. The van der Waals surface area contributed by atoms with Crippen LogP contribution in [0.2, 0.25) is 0 Å². The van der Waals surface area contributed by atoms with Gasteiger partial charge < -0.3 is 10.1 Å². The molecular formula is C21H26N2O5S2. The zero-order valence-electron chi connectivity index (χ0n) is 17.0. The molecule has 0 unspecified atom stereocenters. The Morgan fingerprint density at radius 2 is 1.73 bits per heavy atom. The average Bonchev–Trinajstić information content (AvgIpc) is 2.72. The van der Waals surface area contributed by atoms with Gasteiger partial charge in [0, 0.05) is 11.4 Å². The van der Waals surface area contributed by atoms with Gasteiger partial charge in [0.2, 0.25) is 10.0 Å². The normalized spacial score (nSPS) is 12.2. The molecule has 0 saturated heterocycles. The molecule has 2 aromatic carbocycles. The van der Waals surface area contributed by atoms with Gasteiger partial charge >= 0.3 is 5.97 Å². The molecule has 9 heteroatoms. The van der Waals surface area contributed by atoms with Gasteiger partial charge in [-0.1, -0.05) is 35.9 Å². The largest absolute Gasteiger partial charge is 0.454 e. The van der Waals surface area contributed by atoms with Crippen molar-refractivity contribution in [1.29, 1.82) is 0 Å². The van der Waals surface area contributed by atoms with E-state index in [2.05, 4.69) is 10.0 Å². The first-order valence-electron chi connectivity index (χ1n) is 9.48. The van der Waals surface area contributed by atoms with Gasteiger partial charge in [0.15, 0.2) is 6.61 Å². The van der Waals surface area contributed by atoms with Crippen LogP contribution in [0.3, 0.4) is 0 Å². The Morgan fingerprint density at radius 1 is 1.07 bits per heavy atom. The minimum Gasteiger partial charge on any atom is -0.454 e. The molecule has 2 N–H and O–H groups in total. The first-order chi connectivity index (χ1) is 14.3. The molecule has 2 aromatic rings. The number of sulfonamides is 1. The second kappa shape index (κ2) is 11.7. The standard InChI is InChI=1S/C21H26N2O5S2/c1-16-9-11-19(12-10-16)30(26,27)23-17(2)21(25)28-15-20(24)22-13-6-14-29-18-7-4-3-5-8-18/h3-5,7-12,17,23H,6,13-15H2,1-2H3,(H,22,24)/t17-/m0/s1. The van der Waals surface area contributed by atoms with Crippen LogP contribution in [0.5, 0.6) is 0 Å². The summed E-state index contributed by atoms with van der Waals surface area (Å²) in [6.45, 7) is 3.22. The summed E-state index contributed by atoms with van der Waals surface area (Å²) in [6, 6.07) is 15.1. The van der Waals surface area contributed by atoms with Crippen molar-refractivity contribution in [3.05, 3.63) is 60.2 Å². The number of carbonyl (C=O) groups excluding carboxylic acids is 2. The highest BCUT2D eigenvalue weighted by Gasteiger charge is 2.23. The highest BCUT2D eigenvalue weighted by atomic mass is 32.2.